The summed E-state index contributed by atoms with van der Waals surface area (Å²) in [6.07, 6.45) is -1.53. The van der Waals surface area contributed by atoms with Crippen molar-refractivity contribution < 1.29 is 33.0 Å². The van der Waals surface area contributed by atoms with Crippen molar-refractivity contribution >= 4 is 23.5 Å². The molecule has 0 aliphatic heterocycles. The third-order valence-electron chi connectivity index (χ3n) is 3.33. The van der Waals surface area contributed by atoms with Gasteiger partial charge in [0.25, 0.3) is 5.91 Å². The molecule has 0 spiro atoms. The maximum Gasteiger partial charge on any atom is 0.340 e. The Hall–Kier alpha value is -3.33. The van der Waals surface area contributed by atoms with Crippen molar-refractivity contribution in [2.75, 3.05) is 18.5 Å². The summed E-state index contributed by atoms with van der Waals surface area (Å²) >= 11 is 0. The van der Waals surface area contributed by atoms with E-state index in [1.165, 1.54) is 12.1 Å². The lowest BCUT2D eigenvalue weighted by atomic mass is 10.1. The van der Waals surface area contributed by atoms with Gasteiger partial charge in [-0.1, -0.05) is 30.3 Å². The van der Waals surface area contributed by atoms with Gasteiger partial charge in [0.2, 0.25) is 5.91 Å². The Labute approximate surface area is 153 Å². The highest BCUT2D eigenvalue weighted by Gasteiger charge is 2.19. The second kappa shape index (κ2) is 9.39. The molecule has 0 heterocycles. The average molecular weight is 378 g/mol. The van der Waals surface area contributed by atoms with E-state index < -0.39 is 48.7 Å². The van der Waals surface area contributed by atoms with Crippen LogP contribution in [0.5, 0.6) is 0 Å². The summed E-state index contributed by atoms with van der Waals surface area (Å²) in [4.78, 5) is 34.9. The van der Waals surface area contributed by atoms with Crippen LogP contribution in [-0.4, -0.2) is 36.0 Å². The van der Waals surface area contributed by atoms with Gasteiger partial charge in [-0.15, -0.1) is 0 Å². The van der Waals surface area contributed by atoms with Crippen LogP contribution in [0, 0.1) is 11.6 Å². The van der Waals surface area contributed by atoms with Crippen molar-refractivity contribution in [2.24, 2.45) is 0 Å². The van der Waals surface area contributed by atoms with Crippen molar-refractivity contribution in [2.45, 2.75) is 6.10 Å². The third kappa shape index (κ3) is 6.15. The minimum atomic E-state index is -1.53. The number of carbonyl (C=O) groups excluding carboxylic acids is 3. The molecule has 3 N–H and O–H groups in total. The van der Waals surface area contributed by atoms with E-state index in [0.29, 0.717) is 5.56 Å². The van der Waals surface area contributed by atoms with Crippen LogP contribution < -0.4 is 10.6 Å². The van der Waals surface area contributed by atoms with Crippen molar-refractivity contribution in [3.8, 4) is 0 Å². The van der Waals surface area contributed by atoms with E-state index in [0.717, 1.165) is 18.2 Å². The molecule has 0 saturated heterocycles. The van der Waals surface area contributed by atoms with Crippen molar-refractivity contribution in [3.63, 3.8) is 0 Å². The Bertz CT molecular complexity index is 830. The topological polar surface area (TPSA) is 105 Å². The number of ether oxygens (including phenoxy) is 1. The number of esters is 1. The molecule has 2 aromatic rings. The smallest absolute Gasteiger partial charge is 0.340 e. The van der Waals surface area contributed by atoms with Gasteiger partial charge in [-0.2, -0.15) is 0 Å². The number of anilines is 1. The summed E-state index contributed by atoms with van der Waals surface area (Å²) in [6.45, 7) is -1.17. The summed E-state index contributed by atoms with van der Waals surface area (Å²) in [5.41, 5.74) is 0.333. The normalized spacial score (nSPS) is 11.4. The summed E-state index contributed by atoms with van der Waals surface area (Å²) < 4.78 is 30.5. The Kier molecular flexibility index (Phi) is 6.95. The zero-order valence-corrected chi connectivity index (χ0v) is 13.9. The van der Waals surface area contributed by atoms with Crippen LogP contribution in [0.25, 0.3) is 0 Å². The molecule has 0 unspecified atom stereocenters. The van der Waals surface area contributed by atoms with Gasteiger partial charge in [0.05, 0.1) is 6.54 Å². The number of nitrogens with one attached hydrogen (secondary N) is 2. The van der Waals surface area contributed by atoms with Crippen LogP contribution in [0.15, 0.2) is 48.5 Å². The monoisotopic (exact) mass is 378 g/mol. The van der Waals surface area contributed by atoms with E-state index in [1.807, 2.05) is 0 Å². The zero-order chi connectivity index (χ0) is 19.8. The van der Waals surface area contributed by atoms with Gasteiger partial charge >= 0.3 is 5.97 Å². The number of rotatable bonds is 7. The number of aliphatic hydroxyl groups is 1. The van der Waals surface area contributed by atoms with E-state index in [4.69, 9.17) is 0 Å². The summed E-state index contributed by atoms with van der Waals surface area (Å²) in [5.74, 6) is -4.65. The predicted molar refractivity (Wildman–Crippen MR) is 90.4 cm³/mol. The van der Waals surface area contributed by atoms with Gasteiger partial charge in [-0.25, -0.2) is 13.6 Å². The molecule has 0 aliphatic rings. The second-order valence-corrected chi connectivity index (χ2v) is 5.37. The van der Waals surface area contributed by atoms with E-state index >= 15 is 0 Å². The van der Waals surface area contributed by atoms with Gasteiger partial charge in [0.15, 0.2) is 24.3 Å². The Morgan fingerprint density at radius 2 is 1.70 bits per heavy atom. The molecule has 2 amide bonds. The zero-order valence-electron chi connectivity index (χ0n) is 13.9. The third-order valence-corrected chi connectivity index (χ3v) is 3.33. The molecule has 9 heteroatoms. The standard InChI is InChI=1S/C18H16F2N2O5/c19-13-7-6-12(8-14(13)20)22-15(23)9-21-16(24)10-27-18(26)17(25)11-4-2-1-3-5-11/h1-8,17,25H,9-10H2,(H,21,24)(H,22,23)/t17-/m0/s1. The van der Waals surface area contributed by atoms with Crippen LogP contribution >= 0.6 is 0 Å². The van der Waals surface area contributed by atoms with Crippen LogP contribution in [0.1, 0.15) is 11.7 Å². The summed E-state index contributed by atoms with van der Waals surface area (Å²) in [5, 5.41) is 14.2. The molecule has 1 atom stereocenters. The Balaban J connectivity index is 1.73. The number of benzene rings is 2. The minimum Gasteiger partial charge on any atom is -0.453 e. The largest absolute Gasteiger partial charge is 0.453 e. The molecule has 0 fully saturated rings. The summed E-state index contributed by atoms with van der Waals surface area (Å²) in [6, 6.07) is 10.8. The first-order valence-electron chi connectivity index (χ1n) is 7.78. The molecule has 2 rings (SSSR count). The van der Waals surface area contributed by atoms with Crippen LogP contribution in [-0.2, 0) is 19.1 Å². The highest BCUT2D eigenvalue weighted by atomic mass is 19.2. The molecule has 0 saturated carbocycles. The number of carbonyl (C=O) groups is 3. The molecule has 142 valence electrons. The number of hydrogen-bond acceptors (Lipinski definition) is 5. The number of halogens is 2. The lowest BCUT2D eigenvalue weighted by Crippen LogP contribution is -2.36. The van der Waals surface area contributed by atoms with E-state index in [9.17, 15) is 28.3 Å². The molecular formula is C18H16F2N2O5. The molecule has 0 aromatic heterocycles. The van der Waals surface area contributed by atoms with Gasteiger partial charge in [-0.05, 0) is 17.7 Å². The predicted octanol–water partition coefficient (Wildman–Crippen LogP) is 1.30. The molecule has 2 aromatic carbocycles. The van der Waals surface area contributed by atoms with E-state index in [2.05, 4.69) is 15.4 Å². The van der Waals surface area contributed by atoms with Gasteiger partial charge < -0.3 is 20.5 Å². The lowest BCUT2D eigenvalue weighted by molar-refractivity contribution is -0.157. The SMILES string of the molecule is O=C(COC(=O)[C@@H](O)c1ccccc1)NCC(=O)Nc1ccc(F)c(F)c1. The fraction of sp³-hybridized carbons (Fsp3) is 0.167. The van der Waals surface area contributed by atoms with Crippen molar-refractivity contribution in [3.05, 3.63) is 65.7 Å². The first-order chi connectivity index (χ1) is 12.9. The molecule has 0 radical (unpaired) electrons. The first kappa shape index (κ1) is 20.0. The highest BCUT2D eigenvalue weighted by molar-refractivity contribution is 5.94. The molecule has 7 nitrogen and oxygen atoms in total. The van der Waals surface area contributed by atoms with Gasteiger partial charge in [-0.3, -0.25) is 9.59 Å². The van der Waals surface area contributed by atoms with E-state index in [-0.39, 0.29) is 5.69 Å². The van der Waals surface area contributed by atoms with Gasteiger partial charge in [0.1, 0.15) is 0 Å². The van der Waals surface area contributed by atoms with E-state index in [1.54, 1.807) is 18.2 Å². The fourth-order valence-corrected chi connectivity index (χ4v) is 2.00. The lowest BCUT2D eigenvalue weighted by Gasteiger charge is -2.11. The minimum absolute atomic E-state index is 0.0190. The van der Waals surface area contributed by atoms with Crippen molar-refractivity contribution in [1.29, 1.82) is 0 Å². The molecule has 0 aliphatic carbocycles. The summed E-state index contributed by atoms with van der Waals surface area (Å²) in [7, 11) is 0. The van der Waals surface area contributed by atoms with Crippen LogP contribution in [0.4, 0.5) is 14.5 Å². The van der Waals surface area contributed by atoms with Crippen LogP contribution in [0.3, 0.4) is 0 Å². The molecular weight excluding hydrogens is 362 g/mol. The number of amides is 2. The molecule has 27 heavy (non-hydrogen) atoms. The second-order valence-electron chi connectivity index (χ2n) is 5.37. The Morgan fingerprint density at radius 3 is 2.37 bits per heavy atom. The number of hydrogen-bond donors (Lipinski definition) is 3. The van der Waals surface area contributed by atoms with Crippen LogP contribution in [0.2, 0.25) is 0 Å². The first-order valence-corrected chi connectivity index (χ1v) is 7.78. The maximum atomic E-state index is 13.0. The molecule has 0 bridgehead atoms. The highest BCUT2D eigenvalue weighted by Crippen LogP contribution is 2.14. The maximum absolute atomic E-state index is 13.0. The van der Waals surface area contributed by atoms with Gasteiger partial charge in [0, 0.05) is 11.8 Å². The van der Waals surface area contributed by atoms with Crippen molar-refractivity contribution in [1.82, 2.24) is 5.32 Å². The quantitative estimate of drug-likeness (QED) is 0.630. The fourth-order valence-electron chi connectivity index (χ4n) is 2.00. The Morgan fingerprint density at radius 1 is 1.00 bits per heavy atom. The number of aliphatic hydroxyl groups excluding tert-OH is 1. The average Bonchev–Trinajstić information content (AvgIpc) is 2.67.